The van der Waals surface area contributed by atoms with Gasteiger partial charge in [0.25, 0.3) is 0 Å². The summed E-state index contributed by atoms with van der Waals surface area (Å²) in [7, 11) is -2.54. The van der Waals surface area contributed by atoms with Crippen molar-refractivity contribution in [2.75, 3.05) is 9.96 Å². The number of rotatable bonds is 4. The average Bonchev–Trinajstić information content (AvgIpc) is 2.05. The van der Waals surface area contributed by atoms with E-state index in [0.29, 0.717) is 0 Å². The van der Waals surface area contributed by atoms with Crippen molar-refractivity contribution in [3.63, 3.8) is 0 Å². The molecule has 1 rings (SSSR count). The lowest BCUT2D eigenvalue weighted by atomic mass is 10.2. The molecule has 0 bridgehead atoms. The first-order valence-electron chi connectivity index (χ1n) is 6.24. The van der Waals surface area contributed by atoms with Crippen LogP contribution in [0.3, 0.4) is 0 Å². The lowest BCUT2D eigenvalue weighted by molar-refractivity contribution is 1.43. The minimum absolute atomic E-state index is 1.25. The van der Waals surface area contributed by atoms with Gasteiger partial charge < -0.3 is 9.96 Å². The second-order valence-corrected chi connectivity index (χ2v) is 16.3. The fourth-order valence-corrected chi connectivity index (χ4v) is 3.77. The van der Waals surface area contributed by atoms with Gasteiger partial charge in [-0.25, -0.2) is 0 Å². The van der Waals surface area contributed by atoms with E-state index in [1.165, 1.54) is 16.9 Å². The summed E-state index contributed by atoms with van der Waals surface area (Å²) in [5.41, 5.74) is 3.86. The van der Waals surface area contributed by atoms with Crippen LogP contribution >= 0.6 is 0 Å². The van der Waals surface area contributed by atoms with Crippen LogP contribution < -0.4 is 9.96 Å². The fraction of sp³-hybridized carbons (Fsp3) is 0.538. The average molecular weight is 267 g/mol. The molecule has 0 radical (unpaired) electrons. The summed E-state index contributed by atoms with van der Waals surface area (Å²) in [5.74, 6) is 0. The van der Waals surface area contributed by atoms with E-state index in [1.807, 2.05) is 0 Å². The largest absolute Gasteiger partial charge is 0.411 e. The Morgan fingerprint density at radius 2 is 1.35 bits per heavy atom. The summed E-state index contributed by atoms with van der Waals surface area (Å²) in [4.78, 5) is 7.34. The summed E-state index contributed by atoms with van der Waals surface area (Å²) in [6.07, 6.45) is 0. The van der Waals surface area contributed by atoms with E-state index in [-0.39, 0.29) is 0 Å². The molecule has 0 spiro atoms. The highest BCUT2D eigenvalue weighted by atomic mass is 28.3. The lowest BCUT2D eigenvalue weighted by Crippen LogP contribution is -2.33. The highest BCUT2D eigenvalue weighted by Crippen LogP contribution is 2.23. The normalized spacial score (nSPS) is 12.4. The van der Waals surface area contributed by atoms with Crippen molar-refractivity contribution in [2.45, 2.75) is 46.2 Å². The van der Waals surface area contributed by atoms with Gasteiger partial charge in [0, 0.05) is 11.4 Å². The zero-order valence-corrected chi connectivity index (χ0v) is 14.2. The second-order valence-electron chi connectivity index (χ2n) is 6.78. The Morgan fingerprint density at radius 1 is 0.824 bits per heavy atom. The summed E-state index contributed by atoms with van der Waals surface area (Å²) in [5, 5.41) is 0. The van der Waals surface area contributed by atoms with Crippen molar-refractivity contribution in [2.24, 2.45) is 0 Å². The predicted octanol–water partition coefficient (Wildman–Crippen LogP) is 4.49. The summed E-state index contributed by atoms with van der Waals surface area (Å²) >= 11 is 0. The van der Waals surface area contributed by atoms with Crippen molar-refractivity contribution < 1.29 is 0 Å². The van der Waals surface area contributed by atoms with Crippen molar-refractivity contribution in [3.8, 4) is 0 Å². The first-order valence-corrected chi connectivity index (χ1v) is 13.2. The zero-order chi connectivity index (χ0) is 13.3. The number of nitrogens with one attached hydrogen (secondary N) is 2. The minimum Gasteiger partial charge on any atom is -0.411 e. The Bertz CT molecular complexity index is 389. The van der Waals surface area contributed by atoms with E-state index in [1.54, 1.807) is 0 Å². The maximum Gasteiger partial charge on any atom is 0.144 e. The zero-order valence-electron chi connectivity index (χ0n) is 12.2. The van der Waals surface area contributed by atoms with Crippen LogP contribution in [-0.2, 0) is 0 Å². The van der Waals surface area contributed by atoms with Crippen molar-refractivity contribution >= 4 is 27.8 Å². The van der Waals surface area contributed by atoms with Crippen molar-refractivity contribution in [1.29, 1.82) is 0 Å². The van der Waals surface area contributed by atoms with E-state index in [0.717, 1.165) is 0 Å². The third kappa shape index (κ3) is 5.41. The molecule has 0 fully saturated rings. The van der Waals surface area contributed by atoms with E-state index >= 15 is 0 Å². The van der Waals surface area contributed by atoms with E-state index in [2.05, 4.69) is 74.4 Å². The molecule has 0 atom stereocenters. The molecule has 0 aromatic heterocycles. The van der Waals surface area contributed by atoms with Gasteiger partial charge in [0.2, 0.25) is 0 Å². The topological polar surface area (TPSA) is 24.1 Å². The SMILES string of the molecule is Cc1ccc(N[Si](C)(C)C)cc1N[Si](C)(C)C. The Morgan fingerprint density at radius 3 is 1.82 bits per heavy atom. The second kappa shape index (κ2) is 4.86. The van der Waals surface area contributed by atoms with Crippen molar-refractivity contribution in [3.05, 3.63) is 23.8 Å². The van der Waals surface area contributed by atoms with Gasteiger partial charge in [-0.2, -0.15) is 0 Å². The van der Waals surface area contributed by atoms with Crippen LogP contribution in [0.4, 0.5) is 11.4 Å². The molecule has 0 aliphatic heterocycles. The maximum atomic E-state index is 3.69. The summed E-state index contributed by atoms with van der Waals surface area (Å²) < 4.78 is 0. The summed E-state index contributed by atoms with van der Waals surface area (Å²) in [6.45, 7) is 16.1. The van der Waals surface area contributed by atoms with Crippen LogP contribution in [0.25, 0.3) is 0 Å². The number of benzene rings is 1. The Hall–Kier alpha value is -0.746. The molecule has 0 heterocycles. The lowest BCUT2D eigenvalue weighted by Gasteiger charge is -2.24. The highest BCUT2D eigenvalue weighted by molar-refractivity contribution is 6.79. The van der Waals surface area contributed by atoms with Gasteiger partial charge in [-0.3, -0.25) is 0 Å². The molecule has 1 aromatic rings. The third-order valence-corrected chi connectivity index (χ3v) is 4.32. The molecule has 0 aliphatic carbocycles. The monoisotopic (exact) mass is 266 g/mol. The number of hydrogen-bond acceptors (Lipinski definition) is 2. The Labute approximate surface area is 108 Å². The van der Waals surface area contributed by atoms with E-state index in [4.69, 9.17) is 0 Å². The fourth-order valence-electron chi connectivity index (χ4n) is 1.67. The standard InChI is InChI=1S/C13H26N2Si2/c1-11-8-9-12(14-16(2,3)4)10-13(11)15-17(5,6)7/h8-10,14-15H,1-7H3. The van der Waals surface area contributed by atoms with Gasteiger partial charge in [-0.1, -0.05) is 45.3 Å². The minimum atomic E-state index is -1.28. The van der Waals surface area contributed by atoms with Crippen LogP contribution in [0.2, 0.25) is 39.3 Å². The maximum absolute atomic E-state index is 3.69. The first kappa shape index (κ1) is 14.3. The molecule has 0 unspecified atom stereocenters. The molecule has 2 N–H and O–H groups in total. The van der Waals surface area contributed by atoms with Crippen LogP contribution in [0.1, 0.15) is 5.56 Å². The first-order chi connectivity index (χ1) is 7.57. The third-order valence-electron chi connectivity index (χ3n) is 2.27. The van der Waals surface area contributed by atoms with Gasteiger partial charge in [0.15, 0.2) is 0 Å². The molecule has 17 heavy (non-hydrogen) atoms. The number of anilines is 2. The van der Waals surface area contributed by atoms with E-state index < -0.39 is 16.5 Å². The molecule has 0 amide bonds. The number of hydrogen-bond donors (Lipinski definition) is 2. The number of aryl methyl sites for hydroxylation is 1. The molecule has 96 valence electrons. The molecular weight excluding hydrogens is 240 g/mol. The van der Waals surface area contributed by atoms with E-state index in [9.17, 15) is 0 Å². The predicted molar refractivity (Wildman–Crippen MR) is 85.1 cm³/mol. The highest BCUT2D eigenvalue weighted by Gasteiger charge is 2.16. The molecule has 2 nitrogen and oxygen atoms in total. The molecule has 4 heteroatoms. The molecule has 0 saturated heterocycles. The van der Waals surface area contributed by atoms with Crippen LogP contribution in [-0.4, -0.2) is 16.5 Å². The Balaban J connectivity index is 2.95. The molecule has 0 saturated carbocycles. The van der Waals surface area contributed by atoms with Gasteiger partial charge in [0.05, 0.1) is 0 Å². The molecule has 0 aliphatic rings. The van der Waals surface area contributed by atoms with Gasteiger partial charge in [-0.15, -0.1) is 0 Å². The smallest absolute Gasteiger partial charge is 0.144 e. The van der Waals surface area contributed by atoms with Crippen LogP contribution in [0.5, 0.6) is 0 Å². The van der Waals surface area contributed by atoms with Gasteiger partial charge in [-0.05, 0) is 24.6 Å². The summed E-state index contributed by atoms with van der Waals surface area (Å²) in [6, 6.07) is 6.64. The molecule has 1 aromatic carbocycles. The molecular formula is C13H26N2Si2. The van der Waals surface area contributed by atoms with Crippen LogP contribution in [0.15, 0.2) is 18.2 Å². The van der Waals surface area contributed by atoms with Crippen LogP contribution in [0, 0.1) is 6.92 Å². The van der Waals surface area contributed by atoms with Gasteiger partial charge in [0.1, 0.15) is 16.5 Å². The Kier molecular flexibility index (Phi) is 4.09. The van der Waals surface area contributed by atoms with Gasteiger partial charge >= 0.3 is 0 Å². The quantitative estimate of drug-likeness (QED) is 0.785. The van der Waals surface area contributed by atoms with Crippen molar-refractivity contribution in [1.82, 2.24) is 0 Å².